The van der Waals surface area contributed by atoms with Gasteiger partial charge in [-0.3, -0.25) is 0 Å². The summed E-state index contributed by atoms with van der Waals surface area (Å²) in [6.07, 6.45) is 0.381. The molecule has 0 spiro atoms. The lowest BCUT2D eigenvalue weighted by Gasteiger charge is -1.98. The van der Waals surface area contributed by atoms with E-state index in [0.29, 0.717) is 6.42 Å². The van der Waals surface area contributed by atoms with Gasteiger partial charge in [-0.1, -0.05) is 6.92 Å². The molecule has 0 aromatic rings. The Morgan fingerprint density at radius 2 is 2.00 bits per heavy atom. The van der Waals surface area contributed by atoms with Gasteiger partial charge in [0.05, 0.1) is 5.25 Å². The zero-order chi connectivity index (χ0) is 7.99. The van der Waals surface area contributed by atoms with Crippen LogP contribution in [0.1, 0.15) is 13.3 Å². The summed E-state index contributed by atoms with van der Waals surface area (Å²) in [5, 5.41) is -0.520. The average Bonchev–Trinajstić information content (AvgIpc) is 2.41. The Hall–Kier alpha value is 0.530. The Balaban J connectivity index is 2.73. The van der Waals surface area contributed by atoms with Crippen LogP contribution >= 0.6 is 23.2 Å². The highest BCUT2D eigenvalue weighted by Gasteiger charge is 2.58. The van der Waals surface area contributed by atoms with Crippen molar-refractivity contribution < 1.29 is 8.42 Å². The van der Waals surface area contributed by atoms with Crippen molar-refractivity contribution in [3.05, 3.63) is 0 Å². The zero-order valence-corrected chi connectivity index (χ0v) is 7.80. The predicted octanol–water partition coefficient (Wildman–Crippen LogP) is 1.37. The summed E-state index contributed by atoms with van der Waals surface area (Å²) in [6.45, 7) is 1.59. The van der Waals surface area contributed by atoms with Crippen LogP contribution in [0.4, 0.5) is 0 Å². The average molecular weight is 203 g/mol. The Kier molecular flexibility index (Phi) is 1.95. The van der Waals surface area contributed by atoms with Gasteiger partial charge in [0.1, 0.15) is 4.33 Å². The van der Waals surface area contributed by atoms with E-state index in [0.717, 1.165) is 0 Å². The first-order chi connectivity index (χ1) is 4.40. The van der Waals surface area contributed by atoms with E-state index >= 15 is 0 Å². The van der Waals surface area contributed by atoms with Crippen molar-refractivity contribution in [1.82, 2.24) is 0 Å². The fourth-order valence-corrected chi connectivity index (χ4v) is 3.53. The summed E-state index contributed by atoms with van der Waals surface area (Å²) < 4.78 is 21.0. The molecule has 0 aromatic carbocycles. The van der Waals surface area contributed by atoms with Crippen molar-refractivity contribution >= 4 is 33.0 Å². The normalized spacial score (nSPS) is 30.1. The Bertz CT molecular complexity index is 232. The third-order valence-electron chi connectivity index (χ3n) is 1.60. The van der Waals surface area contributed by atoms with E-state index in [9.17, 15) is 8.42 Å². The van der Waals surface area contributed by atoms with E-state index in [1.807, 2.05) is 0 Å². The van der Waals surface area contributed by atoms with Crippen LogP contribution in [0.15, 0.2) is 0 Å². The minimum atomic E-state index is -3.00. The van der Waals surface area contributed by atoms with Gasteiger partial charge >= 0.3 is 0 Å². The van der Waals surface area contributed by atoms with Gasteiger partial charge in [0.25, 0.3) is 0 Å². The Morgan fingerprint density at radius 3 is 2.10 bits per heavy atom. The van der Waals surface area contributed by atoms with Gasteiger partial charge in [-0.05, 0) is 0 Å². The lowest BCUT2D eigenvalue weighted by atomic mass is 10.9. The third kappa shape index (κ3) is 1.41. The summed E-state index contributed by atoms with van der Waals surface area (Å²) in [5.74, 6) is 0.124. The summed E-state index contributed by atoms with van der Waals surface area (Å²) in [7, 11) is -3.00. The molecule has 1 fully saturated rings. The fraction of sp³-hybridized carbons (Fsp3) is 1.00. The maximum Gasteiger partial charge on any atom is 0.155 e. The number of rotatable bonds is 2. The molecule has 0 saturated heterocycles. The van der Waals surface area contributed by atoms with E-state index in [1.165, 1.54) is 0 Å². The highest BCUT2D eigenvalue weighted by atomic mass is 35.5. The van der Waals surface area contributed by atoms with Crippen molar-refractivity contribution in [3.8, 4) is 0 Å². The maximum atomic E-state index is 11.0. The van der Waals surface area contributed by atoms with E-state index in [1.54, 1.807) is 6.92 Å². The van der Waals surface area contributed by atoms with Crippen LogP contribution in [0, 0.1) is 0 Å². The zero-order valence-electron chi connectivity index (χ0n) is 5.47. The molecule has 5 heteroatoms. The summed E-state index contributed by atoms with van der Waals surface area (Å²) in [6, 6.07) is 0. The third-order valence-corrected chi connectivity index (χ3v) is 4.94. The van der Waals surface area contributed by atoms with Crippen molar-refractivity contribution in [2.75, 3.05) is 5.75 Å². The molecular formula is C5H8Cl2O2S. The molecule has 0 aromatic heterocycles. The highest BCUT2D eigenvalue weighted by Crippen LogP contribution is 2.51. The number of alkyl halides is 2. The molecule has 0 heterocycles. The van der Waals surface area contributed by atoms with Gasteiger partial charge in [0.2, 0.25) is 0 Å². The second-order valence-electron chi connectivity index (χ2n) is 2.41. The standard InChI is InChI=1S/C5H8Cl2O2S/c1-2-10(8,9)4-3-5(4,6)7/h4H,2-3H2,1H3. The van der Waals surface area contributed by atoms with E-state index < -0.39 is 19.4 Å². The molecule has 2 nitrogen and oxygen atoms in total. The number of sulfone groups is 1. The number of hydrogen-bond acceptors (Lipinski definition) is 2. The quantitative estimate of drug-likeness (QED) is 0.635. The van der Waals surface area contributed by atoms with Gasteiger partial charge in [-0.25, -0.2) is 8.42 Å². The maximum absolute atomic E-state index is 11.0. The molecule has 0 amide bonds. The molecule has 1 aliphatic carbocycles. The SMILES string of the molecule is CCS(=O)(=O)C1CC1(Cl)Cl. The highest BCUT2D eigenvalue weighted by molar-refractivity contribution is 7.92. The van der Waals surface area contributed by atoms with Crippen LogP contribution in [-0.4, -0.2) is 23.8 Å². The molecule has 0 aliphatic heterocycles. The topological polar surface area (TPSA) is 34.1 Å². The largest absolute Gasteiger partial charge is 0.228 e. The molecule has 1 atom stereocenters. The molecule has 1 saturated carbocycles. The van der Waals surface area contributed by atoms with Gasteiger partial charge < -0.3 is 0 Å². The predicted molar refractivity (Wildman–Crippen MR) is 42.3 cm³/mol. The lowest BCUT2D eigenvalue weighted by Crippen LogP contribution is -2.14. The van der Waals surface area contributed by atoms with E-state index in [2.05, 4.69) is 0 Å². The van der Waals surface area contributed by atoms with Crippen molar-refractivity contribution in [1.29, 1.82) is 0 Å². The molecule has 1 unspecified atom stereocenters. The molecule has 60 valence electrons. The van der Waals surface area contributed by atoms with Crippen molar-refractivity contribution in [3.63, 3.8) is 0 Å². The van der Waals surface area contributed by atoms with Crippen LogP contribution < -0.4 is 0 Å². The second-order valence-corrected chi connectivity index (χ2v) is 6.42. The smallest absolute Gasteiger partial charge is 0.155 e. The van der Waals surface area contributed by atoms with Crippen LogP contribution in [-0.2, 0) is 9.84 Å². The molecule has 0 N–H and O–H groups in total. The summed E-state index contributed by atoms with van der Waals surface area (Å²) >= 11 is 11.1. The first kappa shape index (κ1) is 8.62. The molecule has 1 aliphatic rings. The first-order valence-corrected chi connectivity index (χ1v) is 5.46. The molecular weight excluding hydrogens is 195 g/mol. The van der Waals surface area contributed by atoms with E-state index in [-0.39, 0.29) is 5.75 Å². The minimum Gasteiger partial charge on any atom is -0.228 e. The van der Waals surface area contributed by atoms with E-state index in [4.69, 9.17) is 23.2 Å². The van der Waals surface area contributed by atoms with Gasteiger partial charge in [0, 0.05) is 12.2 Å². The Morgan fingerprint density at radius 1 is 1.60 bits per heavy atom. The first-order valence-electron chi connectivity index (χ1n) is 2.99. The van der Waals surface area contributed by atoms with Crippen LogP contribution in [0.25, 0.3) is 0 Å². The van der Waals surface area contributed by atoms with Gasteiger partial charge in [0.15, 0.2) is 9.84 Å². The second kappa shape index (κ2) is 2.26. The van der Waals surface area contributed by atoms with Gasteiger partial charge in [-0.15, -0.1) is 23.2 Å². The Labute approximate surface area is 70.4 Å². The molecule has 1 rings (SSSR count). The van der Waals surface area contributed by atoms with Crippen LogP contribution in [0.3, 0.4) is 0 Å². The van der Waals surface area contributed by atoms with Crippen LogP contribution in [0.5, 0.6) is 0 Å². The number of hydrogen-bond donors (Lipinski definition) is 0. The fourth-order valence-electron chi connectivity index (χ4n) is 0.779. The van der Waals surface area contributed by atoms with Crippen molar-refractivity contribution in [2.24, 2.45) is 0 Å². The molecule has 0 radical (unpaired) electrons. The van der Waals surface area contributed by atoms with Crippen molar-refractivity contribution in [2.45, 2.75) is 22.9 Å². The summed E-state index contributed by atoms with van der Waals surface area (Å²) in [4.78, 5) is 0. The molecule has 0 bridgehead atoms. The summed E-state index contributed by atoms with van der Waals surface area (Å²) in [5.41, 5.74) is 0. The minimum absolute atomic E-state index is 0.124. The number of halogens is 2. The molecule has 10 heavy (non-hydrogen) atoms. The lowest BCUT2D eigenvalue weighted by molar-refractivity contribution is 0.596. The van der Waals surface area contributed by atoms with Gasteiger partial charge in [-0.2, -0.15) is 0 Å². The monoisotopic (exact) mass is 202 g/mol. The van der Waals surface area contributed by atoms with Crippen LogP contribution in [0.2, 0.25) is 0 Å².